The SMILES string of the molecule is COc1ccc(-c2nc(C3CC(=O)N(c4c(C)cccc4C)C3)no2)cc1. The van der Waals surface area contributed by atoms with Gasteiger partial charge in [-0.05, 0) is 49.2 Å². The van der Waals surface area contributed by atoms with Gasteiger partial charge in [-0.1, -0.05) is 23.4 Å². The van der Waals surface area contributed by atoms with Crippen LogP contribution in [0.3, 0.4) is 0 Å². The quantitative estimate of drug-likeness (QED) is 0.703. The Bertz CT molecular complexity index is 958. The highest BCUT2D eigenvalue weighted by molar-refractivity contribution is 5.97. The maximum Gasteiger partial charge on any atom is 0.257 e. The second-order valence-corrected chi connectivity index (χ2v) is 6.83. The van der Waals surface area contributed by atoms with Crippen molar-refractivity contribution in [2.75, 3.05) is 18.6 Å². The lowest BCUT2D eigenvalue weighted by Gasteiger charge is -2.21. The van der Waals surface area contributed by atoms with Gasteiger partial charge in [0.15, 0.2) is 5.82 Å². The minimum Gasteiger partial charge on any atom is -0.497 e. The predicted molar refractivity (Wildman–Crippen MR) is 102 cm³/mol. The van der Waals surface area contributed by atoms with Crippen LogP contribution in [0.25, 0.3) is 11.5 Å². The molecule has 6 heteroatoms. The smallest absolute Gasteiger partial charge is 0.257 e. The van der Waals surface area contributed by atoms with Crippen LogP contribution in [-0.4, -0.2) is 29.7 Å². The summed E-state index contributed by atoms with van der Waals surface area (Å²) in [6, 6.07) is 13.5. The summed E-state index contributed by atoms with van der Waals surface area (Å²) in [7, 11) is 1.62. The highest BCUT2D eigenvalue weighted by atomic mass is 16.5. The Kier molecular flexibility index (Phi) is 4.39. The number of carbonyl (C=O) groups excluding carboxylic acids is 1. The van der Waals surface area contributed by atoms with Crippen LogP contribution in [0.1, 0.15) is 29.3 Å². The number of amides is 1. The zero-order chi connectivity index (χ0) is 19.0. The van der Waals surface area contributed by atoms with E-state index in [9.17, 15) is 4.79 Å². The van der Waals surface area contributed by atoms with Crippen molar-refractivity contribution in [3.05, 3.63) is 59.4 Å². The third kappa shape index (κ3) is 3.18. The van der Waals surface area contributed by atoms with Gasteiger partial charge in [-0.3, -0.25) is 4.79 Å². The van der Waals surface area contributed by atoms with Crippen molar-refractivity contribution >= 4 is 11.6 Å². The van der Waals surface area contributed by atoms with Gasteiger partial charge in [0.05, 0.1) is 7.11 Å². The van der Waals surface area contributed by atoms with Crippen molar-refractivity contribution in [3.63, 3.8) is 0 Å². The first-order valence-electron chi connectivity index (χ1n) is 8.91. The summed E-state index contributed by atoms with van der Waals surface area (Å²) in [5.74, 6) is 1.80. The maximum atomic E-state index is 12.6. The number of anilines is 1. The Morgan fingerprint density at radius 3 is 2.48 bits per heavy atom. The van der Waals surface area contributed by atoms with Gasteiger partial charge < -0.3 is 14.2 Å². The van der Waals surface area contributed by atoms with Gasteiger partial charge >= 0.3 is 0 Å². The number of nitrogens with zero attached hydrogens (tertiary/aromatic N) is 3. The number of aromatic nitrogens is 2. The van der Waals surface area contributed by atoms with Gasteiger partial charge in [-0.15, -0.1) is 0 Å². The lowest BCUT2D eigenvalue weighted by Crippen LogP contribution is -2.26. The fraction of sp³-hybridized carbons (Fsp3) is 0.286. The first-order valence-corrected chi connectivity index (χ1v) is 8.91. The molecule has 0 bridgehead atoms. The van der Waals surface area contributed by atoms with E-state index in [1.165, 1.54) is 0 Å². The first-order chi connectivity index (χ1) is 13.1. The minimum absolute atomic E-state index is 0.0766. The molecule has 2 aromatic carbocycles. The van der Waals surface area contributed by atoms with Crippen LogP contribution < -0.4 is 9.64 Å². The van der Waals surface area contributed by atoms with E-state index in [-0.39, 0.29) is 11.8 Å². The zero-order valence-electron chi connectivity index (χ0n) is 15.6. The van der Waals surface area contributed by atoms with Crippen LogP contribution in [0.15, 0.2) is 47.0 Å². The van der Waals surface area contributed by atoms with Gasteiger partial charge in [0, 0.05) is 30.1 Å². The fourth-order valence-corrected chi connectivity index (χ4v) is 3.58. The van der Waals surface area contributed by atoms with Crippen molar-refractivity contribution in [1.29, 1.82) is 0 Å². The molecule has 1 amide bonds. The molecule has 2 heterocycles. The van der Waals surface area contributed by atoms with Crippen LogP contribution in [0.5, 0.6) is 5.75 Å². The molecular weight excluding hydrogens is 342 g/mol. The third-order valence-corrected chi connectivity index (χ3v) is 4.98. The Morgan fingerprint density at radius 2 is 1.81 bits per heavy atom. The van der Waals surface area contributed by atoms with E-state index in [2.05, 4.69) is 10.1 Å². The molecule has 1 aliphatic rings. The van der Waals surface area contributed by atoms with Gasteiger partial charge in [0.1, 0.15) is 5.75 Å². The minimum atomic E-state index is -0.0766. The molecule has 1 saturated heterocycles. The van der Waals surface area contributed by atoms with E-state index in [1.807, 2.05) is 61.2 Å². The Labute approximate surface area is 157 Å². The Balaban J connectivity index is 1.57. The fourth-order valence-electron chi connectivity index (χ4n) is 3.58. The molecule has 1 atom stereocenters. The predicted octanol–water partition coefficient (Wildman–Crippen LogP) is 3.88. The summed E-state index contributed by atoms with van der Waals surface area (Å²) in [5.41, 5.74) is 4.00. The second-order valence-electron chi connectivity index (χ2n) is 6.83. The standard InChI is InChI=1S/C21H21N3O3/c1-13-5-4-6-14(2)19(13)24-12-16(11-18(24)25)20-22-21(27-23-20)15-7-9-17(26-3)10-8-15/h4-10,16H,11-12H2,1-3H3. The number of hydrogen-bond donors (Lipinski definition) is 0. The number of carbonyl (C=O) groups is 1. The molecule has 0 N–H and O–H groups in total. The Hall–Kier alpha value is -3.15. The maximum absolute atomic E-state index is 12.6. The van der Waals surface area contributed by atoms with Crippen molar-refractivity contribution in [3.8, 4) is 17.2 Å². The lowest BCUT2D eigenvalue weighted by molar-refractivity contribution is -0.117. The second kappa shape index (κ2) is 6.87. The number of benzene rings is 2. The number of methoxy groups -OCH3 is 1. The number of ether oxygens (including phenoxy) is 1. The zero-order valence-corrected chi connectivity index (χ0v) is 15.6. The molecule has 1 aromatic heterocycles. The number of aryl methyl sites for hydroxylation is 2. The van der Waals surface area contributed by atoms with E-state index in [4.69, 9.17) is 9.26 Å². The highest BCUT2D eigenvalue weighted by Gasteiger charge is 2.35. The van der Waals surface area contributed by atoms with Crippen LogP contribution in [0.4, 0.5) is 5.69 Å². The van der Waals surface area contributed by atoms with Crippen LogP contribution in [0.2, 0.25) is 0 Å². The molecule has 6 nitrogen and oxygen atoms in total. The molecule has 0 radical (unpaired) electrons. The van der Waals surface area contributed by atoms with E-state index in [0.29, 0.717) is 24.7 Å². The van der Waals surface area contributed by atoms with Gasteiger partial charge in [0.25, 0.3) is 5.89 Å². The highest BCUT2D eigenvalue weighted by Crippen LogP contribution is 2.34. The summed E-state index contributed by atoms with van der Waals surface area (Å²) >= 11 is 0. The molecule has 3 aromatic rings. The average molecular weight is 363 g/mol. The van der Waals surface area contributed by atoms with Crippen LogP contribution >= 0.6 is 0 Å². The lowest BCUT2D eigenvalue weighted by atomic mass is 10.1. The van der Waals surface area contributed by atoms with Gasteiger partial charge in [0.2, 0.25) is 5.91 Å². The Morgan fingerprint density at radius 1 is 1.11 bits per heavy atom. The van der Waals surface area contributed by atoms with Crippen molar-refractivity contribution in [1.82, 2.24) is 10.1 Å². The summed E-state index contributed by atoms with van der Waals surface area (Å²) in [5, 5.41) is 4.13. The molecular formula is C21H21N3O3. The summed E-state index contributed by atoms with van der Waals surface area (Å²) in [6.07, 6.45) is 0.384. The van der Waals surface area contributed by atoms with E-state index in [1.54, 1.807) is 7.11 Å². The topological polar surface area (TPSA) is 68.5 Å². The van der Waals surface area contributed by atoms with Gasteiger partial charge in [-0.25, -0.2) is 0 Å². The molecule has 27 heavy (non-hydrogen) atoms. The summed E-state index contributed by atoms with van der Waals surface area (Å²) < 4.78 is 10.6. The van der Waals surface area contributed by atoms with Crippen molar-refractivity contribution in [2.45, 2.75) is 26.2 Å². The van der Waals surface area contributed by atoms with Crippen molar-refractivity contribution < 1.29 is 14.1 Å². The number of hydrogen-bond acceptors (Lipinski definition) is 5. The molecule has 1 unspecified atom stereocenters. The summed E-state index contributed by atoms with van der Waals surface area (Å²) in [4.78, 5) is 19.0. The molecule has 0 saturated carbocycles. The van der Waals surface area contributed by atoms with Gasteiger partial charge in [-0.2, -0.15) is 4.98 Å². The van der Waals surface area contributed by atoms with E-state index in [0.717, 1.165) is 28.1 Å². The third-order valence-electron chi connectivity index (χ3n) is 4.98. The molecule has 1 fully saturated rings. The monoisotopic (exact) mass is 363 g/mol. The van der Waals surface area contributed by atoms with E-state index >= 15 is 0 Å². The summed E-state index contributed by atoms with van der Waals surface area (Å²) in [6.45, 7) is 4.62. The molecule has 0 spiro atoms. The molecule has 0 aliphatic carbocycles. The van der Waals surface area contributed by atoms with E-state index < -0.39 is 0 Å². The van der Waals surface area contributed by atoms with Crippen LogP contribution in [-0.2, 0) is 4.79 Å². The average Bonchev–Trinajstić information content (AvgIpc) is 3.29. The molecule has 138 valence electrons. The molecule has 4 rings (SSSR count). The largest absolute Gasteiger partial charge is 0.497 e. The number of rotatable bonds is 4. The first kappa shape index (κ1) is 17.3. The van der Waals surface area contributed by atoms with Crippen LogP contribution in [0, 0.1) is 13.8 Å². The number of para-hydroxylation sites is 1. The van der Waals surface area contributed by atoms with Crippen molar-refractivity contribution in [2.24, 2.45) is 0 Å². The normalized spacial score (nSPS) is 16.8. The molecule has 1 aliphatic heterocycles.